The van der Waals surface area contributed by atoms with E-state index in [2.05, 4.69) is 15.3 Å². The zero-order valence-corrected chi connectivity index (χ0v) is 18.6. The number of ketones is 1. The van der Waals surface area contributed by atoms with Gasteiger partial charge in [-0.3, -0.25) is 4.79 Å². The summed E-state index contributed by atoms with van der Waals surface area (Å²) in [5, 5.41) is 3.81. The van der Waals surface area contributed by atoms with Crippen molar-refractivity contribution in [3.63, 3.8) is 0 Å². The van der Waals surface area contributed by atoms with Crippen LogP contribution in [-0.4, -0.2) is 28.7 Å². The Morgan fingerprint density at radius 2 is 1.57 bits per heavy atom. The Hall–Kier alpha value is -2.62. The minimum Gasteiger partial charge on any atom is -0.744 e. The Kier molecular flexibility index (Phi) is 5.21. The molecule has 1 aliphatic rings. The van der Waals surface area contributed by atoms with Crippen LogP contribution >= 0.6 is 0 Å². The van der Waals surface area contributed by atoms with Crippen molar-refractivity contribution >= 4 is 38.2 Å². The molecule has 0 radical (unpaired) electrons. The molecule has 1 heterocycles. The molecule has 5 rings (SSSR count). The molecule has 0 aliphatic heterocycles. The zero-order chi connectivity index (χ0) is 20.2. The summed E-state index contributed by atoms with van der Waals surface area (Å²) in [5.41, 5.74) is 4.21. The van der Waals surface area contributed by atoms with Crippen LogP contribution in [0.25, 0.3) is 22.2 Å². The number of hydrogen-bond acceptors (Lipinski definition) is 7. The number of nitrogens with one attached hydrogen (secondary N) is 1. The Labute approximate surface area is 194 Å². The number of rotatable bonds is 3. The molecule has 0 bridgehead atoms. The molecule has 1 aliphatic carbocycles. The average molecular weight is 425 g/mol. The molecule has 3 aromatic carbocycles. The molecule has 0 saturated carbocycles. The van der Waals surface area contributed by atoms with E-state index in [1.165, 1.54) is 30.6 Å². The Morgan fingerprint density at radius 3 is 2.27 bits per heavy atom. The van der Waals surface area contributed by atoms with Crippen molar-refractivity contribution in [3.05, 3.63) is 78.1 Å². The SMILES string of the molecule is O=C1c2ccccc2-c2ncnc3ccc(Nc4ccc(S(=O)(=O)[O-])cc4)c1c23.[Na+]. The van der Waals surface area contributed by atoms with Gasteiger partial charge in [0.25, 0.3) is 0 Å². The third-order valence-corrected chi connectivity index (χ3v) is 5.73. The van der Waals surface area contributed by atoms with Gasteiger partial charge in [0, 0.05) is 22.2 Å². The molecule has 9 heteroatoms. The van der Waals surface area contributed by atoms with E-state index in [4.69, 9.17) is 0 Å². The summed E-state index contributed by atoms with van der Waals surface area (Å²) in [7, 11) is -4.52. The fourth-order valence-electron chi connectivity index (χ4n) is 3.58. The molecule has 0 spiro atoms. The number of anilines is 2. The molecular formula is C21H12N3NaO4S. The summed E-state index contributed by atoms with van der Waals surface area (Å²) in [4.78, 5) is 21.7. The van der Waals surface area contributed by atoms with Crippen LogP contribution in [0.5, 0.6) is 0 Å². The maximum Gasteiger partial charge on any atom is 1.00 e. The molecule has 30 heavy (non-hydrogen) atoms. The minimum atomic E-state index is -4.52. The van der Waals surface area contributed by atoms with Crippen molar-refractivity contribution in [1.82, 2.24) is 9.97 Å². The summed E-state index contributed by atoms with van der Waals surface area (Å²) in [6.45, 7) is 0. The van der Waals surface area contributed by atoms with E-state index in [1.54, 1.807) is 24.3 Å². The van der Waals surface area contributed by atoms with Gasteiger partial charge in [-0.1, -0.05) is 24.3 Å². The molecule has 142 valence electrons. The van der Waals surface area contributed by atoms with Crippen LogP contribution in [0.4, 0.5) is 11.4 Å². The standard InChI is InChI=1S/C21H13N3O4S.Na/c25-21-15-4-2-1-3-14(15)20-18-16(22-11-23-20)9-10-17(19(18)21)24-12-5-7-13(8-6-12)29(26,27)28;/h1-11,24H,(H,26,27,28);/q;+1/p-1. The van der Waals surface area contributed by atoms with Crippen LogP contribution < -0.4 is 34.9 Å². The monoisotopic (exact) mass is 425 g/mol. The second-order valence-electron chi connectivity index (χ2n) is 6.58. The van der Waals surface area contributed by atoms with Crippen molar-refractivity contribution < 1.29 is 47.3 Å². The predicted molar refractivity (Wildman–Crippen MR) is 106 cm³/mol. The molecule has 0 atom stereocenters. The van der Waals surface area contributed by atoms with Gasteiger partial charge in [-0.05, 0) is 36.4 Å². The van der Waals surface area contributed by atoms with Crippen molar-refractivity contribution in [2.75, 3.05) is 5.32 Å². The first-order valence-corrected chi connectivity index (χ1v) is 10.1. The Bertz CT molecular complexity index is 1420. The topological polar surface area (TPSA) is 112 Å². The normalized spacial score (nSPS) is 12.2. The number of aromatic nitrogens is 2. The number of nitrogens with zero attached hydrogens (tertiary/aromatic N) is 2. The van der Waals surface area contributed by atoms with Crippen LogP contribution in [0.15, 0.2) is 71.9 Å². The first-order valence-electron chi connectivity index (χ1n) is 8.68. The predicted octanol–water partition coefficient (Wildman–Crippen LogP) is 0.493. The molecule has 7 nitrogen and oxygen atoms in total. The smallest absolute Gasteiger partial charge is 0.744 e. The molecule has 1 aromatic heterocycles. The van der Waals surface area contributed by atoms with E-state index in [0.717, 1.165) is 5.56 Å². The molecule has 0 amide bonds. The van der Waals surface area contributed by atoms with Gasteiger partial charge >= 0.3 is 29.6 Å². The molecule has 0 fully saturated rings. The van der Waals surface area contributed by atoms with Gasteiger partial charge in [0.1, 0.15) is 16.4 Å². The Morgan fingerprint density at radius 1 is 0.867 bits per heavy atom. The van der Waals surface area contributed by atoms with Gasteiger partial charge in [0.05, 0.1) is 27.4 Å². The van der Waals surface area contributed by atoms with Crippen LogP contribution in [0.3, 0.4) is 0 Å². The fraction of sp³-hybridized carbons (Fsp3) is 0. The molecule has 4 aromatic rings. The average Bonchev–Trinajstić information content (AvgIpc) is 2.72. The van der Waals surface area contributed by atoms with Crippen molar-refractivity contribution in [2.24, 2.45) is 0 Å². The van der Waals surface area contributed by atoms with E-state index >= 15 is 0 Å². The van der Waals surface area contributed by atoms with E-state index in [9.17, 15) is 17.8 Å². The van der Waals surface area contributed by atoms with Crippen molar-refractivity contribution in [2.45, 2.75) is 4.90 Å². The van der Waals surface area contributed by atoms with E-state index in [1.807, 2.05) is 12.1 Å². The number of fused-ring (bicyclic) bond motifs is 2. The summed E-state index contributed by atoms with van der Waals surface area (Å²) in [6.07, 6.45) is 1.48. The second kappa shape index (κ2) is 7.57. The van der Waals surface area contributed by atoms with E-state index < -0.39 is 10.1 Å². The number of benzene rings is 3. The Balaban J connectivity index is 0.00000218. The largest absolute Gasteiger partial charge is 1.00 e. The fourth-order valence-corrected chi connectivity index (χ4v) is 4.05. The summed E-state index contributed by atoms with van der Waals surface area (Å²) in [6, 6.07) is 16.2. The molecule has 1 N–H and O–H groups in total. The van der Waals surface area contributed by atoms with Crippen molar-refractivity contribution in [3.8, 4) is 11.3 Å². The van der Waals surface area contributed by atoms with Gasteiger partial charge in [0.2, 0.25) is 0 Å². The maximum atomic E-state index is 13.3. The summed E-state index contributed by atoms with van der Waals surface area (Å²) in [5.74, 6) is -0.144. The third-order valence-electron chi connectivity index (χ3n) is 4.88. The van der Waals surface area contributed by atoms with Crippen LogP contribution in [-0.2, 0) is 10.1 Å². The van der Waals surface area contributed by atoms with E-state index in [0.29, 0.717) is 39.1 Å². The van der Waals surface area contributed by atoms with Gasteiger partial charge in [-0.2, -0.15) is 0 Å². The quantitative estimate of drug-likeness (QED) is 0.331. The van der Waals surface area contributed by atoms with Crippen LogP contribution in [0.2, 0.25) is 0 Å². The van der Waals surface area contributed by atoms with Crippen molar-refractivity contribution in [1.29, 1.82) is 0 Å². The van der Waals surface area contributed by atoms with E-state index in [-0.39, 0.29) is 40.2 Å². The second-order valence-corrected chi connectivity index (χ2v) is 7.96. The minimum absolute atomic E-state index is 0. The third kappa shape index (κ3) is 3.32. The zero-order valence-electron chi connectivity index (χ0n) is 15.8. The van der Waals surface area contributed by atoms with Gasteiger partial charge in [0.15, 0.2) is 5.78 Å². The van der Waals surface area contributed by atoms with Crippen LogP contribution in [0, 0.1) is 0 Å². The number of carbonyl (C=O) groups is 1. The van der Waals surface area contributed by atoms with Gasteiger partial charge < -0.3 is 9.87 Å². The first kappa shape index (κ1) is 20.6. The first-order chi connectivity index (χ1) is 13.9. The molecular weight excluding hydrogens is 413 g/mol. The van der Waals surface area contributed by atoms with Gasteiger partial charge in [-0.15, -0.1) is 0 Å². The number of hydrogen-bond donors (Lipinski definition) is 1. The molecule has 0 unspecified atom stereocenters. The summed E-state index contributed by atoms with van der Waals surface area (Å²) < 4.78 is 33.4. The van der Waals surface area contributed by atoms with Gasteiger partial charge in [-0.25, -0.2) is 18.4 Å². The summed E-state index contributed by atoms with van der Waals surface area (Å²) >= 11 is 0. The van der Waals surface area contributed by atoms with Crippen LogP contribution in [0.1, 0.15) is 15.9 Å². The molecule has 0 saturated heterocycles. The number of carbonyl (C=O) groups excluding carboxylic acids is 1. The maximum absolute atomic E-state index is 13.3.